The van der Waals surface area contributed by atoms with Gasteiger partial charge in [-0.15, -0.1) is 0 Å². The topological polar surface area (TPSA) is 121 Å². The van der Waals surface area contributed by atoms with Gasteiger partial charge in [0.25, 0.3) is 10.0 Å². The molecule has 13 heteroatoms. The first-order chi connectivity index (χ1) is 17.3. The first-order valence-corrected chi connectivity index (χ1v) is 12.0. The third kappa shape index (κ3) is 5.61. The van der Waals surface area contributed by atoms with E-state index in [2.05, 4.69) is 5.10 Å². The zero-order valence-corrected chi connectivity index (χ0v) is 19.4. The van der Waals surface area contributed by atoms with Crippen molar-refractivity contribution >= 4 is 27.4 Å². The second-order valence-corrected chi connectivity index (χ2v) is 9.59. The van der Waals surface area contributed by atoms with Crippen LogP contribution in [0.3, 0.4) is 0 Å². The van der Waals surface area contributed by atoms with Crippen LogP contribution in [0.15, 0.2) is 71.8 Å². The minimum absolute atomic E-state index is 0.157. The van der Waals surface area contributed by atoms with Gasteiger partial charge in [-0.25, -0.2) is 22.0 Å². The molecule has 2 heterocycles. The highest BCUT2D eigenvalue weighted by atomic mass is 32.2. The number of rotatable bonds is 7. The standard InChI is InChI=1S/C24H17F4N3O5S/c25-17-3-1-2-15(12-17)23-22(19-9-6-16(24(26,27)28)13-31(19)29-23)14-4-7-18(8-5-14)37(35,36)30-20(32)10-11-21(33)34/h1-9,12-13H,10-11H2,(H,30,32)(H,33,34)/p-1. The van der Waals surface area contributed by atoms with Crippen LogP contribution in [0.2, 0.25) is 0 Å². The lowest BCUT2D eigenvalue weighted by atomic mass is 9.99. The summed E-state index contributed by atoms with van der Waals surface area (Å²) >= 11 is 0. The number of nitrogens with zero attached hydrogens (tertiary/aromatic N) is 2. The Hall–Kier alpha value is -4.26. The number of carbonyl (C=O) groups excluding carboxylic acids is 2. The van der Waals surface area contributed by atoms with E-state index in [9.17, 15) is 40.7 Å². The van der Waals surface area contributed by atoms with Crippen molar-refractivity contribution in [2.75, 3.05) is 0 Å². The molecule has 0 atom stereocenters. The Kier molecular flexibility index (Phi) is 6.74. The highest BCUT2D eigenvalue weighted by Gasteiger charge is 2.31. The SMILES string of the molecule is O=C([O-])CCC(=O)NS(=O)(=O)c1ccc(-c2c(-c3cccc(F)c3)nn3cc(C(F)(F)F)ccc23)cc1. The van der Waals surface area contributed by atoms with E-state index in [1.807, 2.05) is 0 Å². The van der Waals surface area contributed by atoms with E-state index in [1.165, 1.54) is 36.4 Å². The molecule has 0 saturated heterocycles. The second-order valence-electron chi connectivity index (χ2n) is 7.90. The van der Waals surface area contributed by atoms with Crippen LogP contribution < -0.4 is 9.83 Å². The highest BCUT2D eigenvalue weighted by molar-refractivity contribution is 7.90. The number of fused-ring (bicyclic) bond motifs is 1. The van der Waals surface area contributed by atoms with E-state index in [0.717, 1.165) is 35.0 Å². The third-order valence-corrected chi connectivity index (χ3v) is 6.70. The molecule has 0 fully saturated rings. The number of carbonyl (C=O) groups is 2. The molecule has 0 saturated carbocycles. The summed E-state index contributed by atoms with van der Waals surface area (Å²) in [5, 5.41) is 14.7. The lowest BCUT2D eigenvalue weighted by Gasteiger charge is -2.09. The maximum Gasteiger partial charge on any atom is 0.417 e. The summed E-state index contributed by atoms with van der Waals surface area (Å²) in [5.74, 6) is -3.14. The molecule has 8 nitrogen and oxygen atoms in total. The zero-order chi connectivity index (χ0) is 27.0. The van der Waals surface area contributed by atoms with E-state index in [4.69, 9.17) is 0 Å². The van der Waals surface area contributed by atoms with Gasteiger partial charge in [-0.3, -0.25) is 4.79 Å². The lowest BCUT2D eigenvalue weighted by Crippen LogP contribution is -2.32. The molecule has 2 aromatic heterocycles. The first-order valence-electron chi connectivity index (χ1n) is 10.6. The van der Waals surface area contributed by atoms with Gasteiger partial charge in [-0.2, -0.15) is 18.3 Å². The number of benzene rings is 2. The largest absolute Gasteiger partial charge is 0.550 e. The van der Waals surface area contributed by atoms with Crippen LogP contribution in [0, 0.1) is 5.82 Å². The maximum atomic E-state index is 13.9. The van der Waals surface area contributed by atoms with Gasteiger partial charge in [0, 0.05) is 29.7 Å². The molecule has 1 N–H and O–H groups in total. The fourth-order valence-corrected chi connectivity index (χ4v) is 4.63. The number of aromatic nitrogens is 2. The number of hydrogen-bond donors (Lipinski definition) is 1. The van der Waals surface area contributed by atoms with Gasteiger partial charge in [-0.05, 0) is 48.4 Å². The van der Waals surface area contributed by atoms with E-state index < -0.39 is 52.3 Å². The van der Waals surface area contributed by atoms with Crippen LogP contribution in [-0.4, -0.2) is 29.9 Å². The average molecular weight is 534 g/mol. The van der Waals surface area contributed by atoms with Crippen molar-refractivity contribution in [2.45, 2.75) is 23.9 Å². The molecule has 0 bridgehead atoms. The van der Waals surface area contributed by atoms with Crippen molar-refractivity contribution in [2.24, 2.45) is 0 Å². The van der Waals surface area contributed by atoms with Crippen molar-refractivity contribution in [1.29, 1.82) is 0 Å². The van der Waals surface area contributed by atoms with Gasteiger partial charge >= 0.3 is 6.18 Å². The summed E-state index contributed by atoms with van der Waals surface area (Å²) in [7, 11) is -4.33. The summed E-state index contributed by atoms with van der Waals surface area (Å²) in [6.07, 6.45) is -5.09. The molecule has 4 rings (SSSR count). The fourth-order valence-electron chi connectivity index (χ4n) is 3.62. The lowest BCUT2D eigenvalue weighted by molar-refractivity contribution is -0.305. The summed E-state index contributed by atoms with van der Waals surface area (Å²) in [5.41, 5.74) is 0.417. The minimum Gasteiger partial charge on any atom is -0.550 e. The molecule has 0 spiro atoms. The van der Waals surface area contributed by atoms with Crippen LogP contribution in [0.5, 0.6) is 0 Å². The number of carboxylic acids is 1. The van der Waals surface area contributed by atoms with Crippen molar-refractivity contribution in [3.63, 3.8) is 0 Å². The van der Waals surface area contributed by atoms with Gasteiger partial charge < -0.3 is 9.90 Å². The average Bonchev–Trinajstić information content (AvgIpc) is 3.21. The molecular weight excluding hydrogens is 518 g/mol. The highest BCUT2D eigenvalue weighted by Crippen LogP contribution is 2.37. The van der Waals surface area contributed by atoms with Crippen LogP contribution in [0.4, 0.5) is 17.6 Å². The first kappa shape index (κ1) is 25.8. The number of carboxylic acid groups (broad SMARTS) is 1. The smallest absolute Gasteiger partial charge is 0.417 e. The molecule has 2 aromatic carbocycles. The number of amides is 1. The monoisotopic (exact) mass is 534 g/mol. The fraction of sp³-hybridized carbons (Fsp3) is 0.125. The third-order valence-electron chi connectivity index (χ3n) is 5.31. The number of halogens is 4. The van der Waals surface area contributed by atoms with Crippen LogP contribution in [0.25, 0.3) is 27.9 Å². The van der Waals surface area contributed by atoms with Gasteiger partial charge in [0.05, 0.1) is 16.0 Å². The molecule has 0 radical (unpaired) electrons. The summed E-state index contributed by atoms with van der Waals surface area (Å²) in [4.78, 5) is 21.9. The molecule has 192 valence electrons. The van der Waals surface area contributed by atoms with Crippen molar-refractivity contribution in [3.05, 3.63) is 78.2 Å². The summed E-state index contributed by atoms with van der Waals surface area (Å²) in [6.45, 7) is 0. The molecule has 1 amide bonds. The Bertz CT molecular complexity index is 1610. The maximum absolute atomic E-state index is 13.9. The van der Waals surface area contributed by atoms with E-state index in [0.29, 0.717) is 11.1 Å². The normalized spacial score (nSPS) is 12.0. The number of aliphatic carboxylic acids is 1. The van der Waals surface area contributed by atoms with E-state index in [1.54, 1.807) is 4.72 Å². The zero-order valence-electron chi connectivity index (χ0n) is 18.6. The second kappa shape index (κ2) is 9.65. The molecule has 0 aliphatic heterocycles. The Balaban J connectivity index is 1.77. The summed E-state index contributed by atoms with van der Waals surface area (Å²) < 4.78 is 81.4. The molecule has 0 aliphatic rings. The van der Waals surface area contributed by atoms with Crippen LogP contribution in [0.1, 0.15) is 18.4 Å². The minimum atomic E-state index is -4.62. The van der Waals surface area contributed by atoms with Crippen LogP contribution >= 0.6 is 0 Å². The van der Waals surface area contributed by atoms with Crippen LogP contribution in [-0.2, 0) is 25.8 Å². The molecule has 0 unspecified atom stereocenters. The Morgan fingerprint density at radius 2 is 1.68 bits per heavy atom. The quantitative estimate of drug-likeness (QED) is 0.364. The number of pyridine rings is 1. The van der Waals surface area contributed by atoms with Crippen molar-refractivity contribution in [1.82, 2.24) is 14.3 Å². The summed E-state index contributed by atoms with van der Waals surface area (Å²) in [6, 6.07) is 12.4. The van der Waals surface area contributed by atoms with E-state index in [-0.39, 0.29) is 21.7 Å². The Morgan fingerprint density at radius 1 is 0.973 bits per heavy atom. The van der Waals surface area contributed by atoms with Gasteiger partial charge in [0.1, 0.15) is 11.5 Å². The Morgan fingerprint density at radius 3 is 2.30 bits per heavy atom. The van der Waals surface area contributed by atoms with Crippen molar-refractivity contribution in [3.8, 4) is 22.4 Å². The molecule has 0 aliphatic carbocycles. The molecular formula is C24H16F4N3O5S-. The predicted octanol–water partition coefficient (Wildman–Crippen LogP) is 3.16. The number of hydrogen-bond acceptors (Lipinski definition) is 6. The van der Waals surface area contributed by atoms with Gasteiger partial charge in [0.2, 0.25) is 5.91 Å². The number of alkyl halides is 3. The predicted molar refractivity (Wildman–Crippen MR) is 121 cm³/mol. The van der Waals surface area contributed by atoms with E-state index >= 15 is 0 Å². The molecule has 4 aromatic rings. The number of nitrogens with one attached hydrogen (secondary N) is 1. The molecule has 37 heavy (non-hydrogen) atoms. The van der Waals surface area contributed by atoms with Gasteiger partial charge in [0.15, 0.2) is 0 Å². The number of sulfonamides is 1. The van der Waals surface area contributed by atoms with Crippen molar-refractivity contribution < 1.29 is 40.7 Å². The Labute approximate surface area is 207 Å². The van der Waals surface area contributed by atoms with Gasteiger partial charge in [-0.1, -0.05) is 24.3 Å².